The molecule has 0 bridgehead atoms. The zero-order chi connectivity index (χ0) is 21.0. The third-order valence-electron chi connectivity index (χ3n) is 3.78. The summed E-state index contributed by atoms with van der Waals surface area (Å²) in [6, 6.07) is 10.8. The first kappa shape index (κ1) is 20.2. The van der Waals surface area contributed by atoms with Gasteiger partial charge in [0, 0.05) is 0 Å². The fraction of sp³-hybridized carbons (Fsp3) is 0.100. The summed E-state index contributed by atoms with van der Waals surface area (Å²) in [5.41, 5.74) is 0.508. The maximum absolute atomic E-state index is 12.2. The van der Waals surface area contributed by atoms with Crippen LogP contribution < -0.4 is 10.1 Å². The fourth-order valence-electron chi connectivity index (χ4n) is 2.50. The van der Waals surface area contributed by atoms with E-state index >= 15 is 0 Å². The van der Waals surface area contributed by atoms with Gasteiger partial charge in [-0.05, 0) is 60.7 Å². The minimum absolute atomic E-state index is 0.118. The number of carbonyl (C=O) groups is 3. The van der Waals surface area contributed by atoms with Gasteiger partial charge in [-0.25, -0.2) is 14.6 Å². The summed E-state index contributed by atoms with van der Waals surface area (Å²) in [6.07, 6.45) is 1.69. The molecule has 0 aliphatic carbocycles. The van der Waals surface area contributed by atoms with Crippen LogP contribution in [0.3, 0.4) is 0 Å². The molecule has 148 valence electrons. The summed E-state index contributed by atoms with van der Waals surface area (Å²) in [6.45, 7) is 2.45. The van der Waals surface area contributed by atoms with Crippen LogP contribution in [0.5, 0.6) is 5.75 Å². The van der Waals surface area contributed by atoms with Crippen molar-refractivity contribution >= 4 is 46.5 Å². The lowest BCUT2D eigenvalue weighted by molar-refractivity contribution is -0.115. The number of aromatic carboxylic acids is 2. The molecule has 0 atom stereocenters. The van der Waals surface area contributed by atoms with Crippen molar-refractivity contribution in [2.24, 2.45) is 4.99 Å². The fourth-order valence-corrected chi connectivity index (χ4v) is 3.34. The van der Waals surface area contributed by atoms with E-state index in [0.29, 0.717) is 11.5 Å². The zero-order valence-corrected chi connectivity index (χ0v) is 16.0. The minimum atomic E-state index is -1.27. The number of carbonyl (C=O) groups excluding carboxylic acids is 1. The van der Waals surface area contributed by atoms with Gasteiger partial charge in [0.1, 0.15) is 5.75 Å². The van der Waals surface area contributed by atoms with Crippen LogP contribution in [0.25, 0.3) is 6.08 Å². The van der Waals surface area contributed by atoms with Gasteiger partial charge in [0.15, 0.2) is 5.17 Å². The Kier molecular flexibility index (Phi) is 5.99. The maximum atomic E-state index is 12.2. The van der Waals surface area contributed by atoms with Crippen LogP contribution in [-0.4, -0.2) is 39.8 Å². The lowest BCUT2D eigenvalue weighted by Gasteiger charge is -2.02. The Hall–Kier alpha value is -3.59. The molecule has 0 radical (unpaired) electrons. The van der Waals surface area contributed by atoms with E-state index in [1.54, 1.807) is 18.2 Å². The third-order valence-corrected chi connectivity index (χ3v) is 4.69. The highest BCUT2D eigenvalue weighted by Crippen LogP contribution is 2.29. The SMILES string of the molecule is CCOc1ccc(/C=C2\SC(=Nc3cc(C(=O)O)cc(C(=O)O)c3)NC2=O)cc1. The van der Waals surface area contributed by atoms with Gasteiger partial charge in [-0.3, -0.25) is 4.79 Å². The Morgan fingerprint density at radius 3 is 2.28 bits per heavy atom. The molecule has 9 heteroatoms. The summed E-state index contributed by atoms with van der Waals surface area (Å²) in [5.74, 6) is -2.16. The van der Waals surface area contributed by atoms with Gasteiger partial charge in [0.2, 0.25) is 0 Å². The first-order valence-corrected chi connectivity index (χ1v) is 9.31. The van der Waals surface area contributed by atoms with Gasteiger partial charge in [0.25, 0.3) is 5.91 Å². The van der Waals surface area contributed by atoms with Gasteiger partial charge < -0.3 is 20.3 Å². The van der Waals surface area contributed by atoms with Crippen LogP contribution in [0.2, 0.25) is 0 Å². The minimum Gasteiger partial charge on any atom is -0.494 e. The highest BCUT2D eigenvalue weighted by Gasteiger charge is 2.24. The number of ether oxygens (including phenoxy) is 1. The molecule has 0 saturated carbocycles. The van der Waals surface area contributed by atoms with Gasteiger partial charge in [-0.2, -0.15) is 0 Å². The Morgan fingerprint density at radius 2 is 1.72 bits per heavy atom. The van der Waals surface area contributed by atoms with Crippen molar-refractivity contribution in [3.63, 3.8) is 0 Å². The lowest BCUT2D eigenvalue weighted by atomic mass is 10.1. The van der Waals surface area contributed by atoms with E-state index < -0.39 is 11.9 Å². The lowest BCUT2D eigenvalue weighted by Crippen LogP contribution is -2.19. The van der Waals surface area contributed by atoms with E-state index in [4.69, 9.17) is 14.9 Å². The van der Waals surface area contributed by atoms with E-state index in [1.165, 1.54) is 12.1 Å². The van der Waals surface area contributed by atoms with Gasteiger partial charge >= 0.3 is 11.9 Å². The monoisotopic (exact) mass is 412 g/mol. The number of carboxylic acids is 2. The van der Waals surface area contributed by atoms with Crippen molar-refractivity contribution < 1.29 is 29.3 Å². The second-order valence-corrected chi connectivity index (χ2v) is 6.89. The second kappa shape index (κ2) is 8.61. The Morgan fingerprint density at radius 1 is 1.10 bits per heavy atom. The van der Waals surface area contributed by atoms with Gasteiger partial charge in [0.05, 0.1) is 28.3 Å². The maximum Gasteiger partial charge on any atom is 0.335 e. The summed E-state index contributed by atoms with van der Waals surface area (Å²) in [5, 5.41) is 21.1. The standard InChI is InChI=1S/C20H16N2O6S/c1-2-28-15-5-3-11(4-6-15)7-16-17(23)22-20(29-16)21-14-9-12(18(24)25)8-13(10-14)19(26)27/h3-10H,2H2,1H3,(H,24,25)(H,26,27)(H,21,22,23)/b16-7-. The average molecular weight is 412 g/mol. The normalized spacial score (nSPS) is 16.1. The molecule has 1 heterocycles. The predicted molar refractivity (Wildman–Crippen MR) is 109 cm³/mol. The Labute approximate surface area is 169 Å². The van der Waals surface area contributed by atoms with Crippen molar-refractivity contribution in [1.82, 2.24) is 5.32 Å². The number of carboxylic acid groups (broad SMARTS) is 2. The molecule has 0 aromatic heterocycles. The van der Waals surface area contributed by atoms with Gasteiger partial charge in [-0.15, -0.1) is 0 Å². The topological polar surface area (TPSA) is 125 Å². The number of hydrogen-bond acceptors (Lipinski definition) is 6. The van der Waals surface area contributed by atoms with Crippen molar-refractivity contribution in [3.8, 4) is 5.75 Å². The summed E-state index contributed by atoms with van der Waals surface area (Å²) >= 11 is 1.08. The second-order valence-electron chi connectivity index (χ2n) is 5.86. The number of amides is 1. The molecule has 0 spiro atoms. The Bertz CT molecular complexity index is 1010. The van der Waals surface area contributed by atoms with Crippen molar-refractivity contribution in [1.29, 1.82) is 0 Å². The molecule has 1 aliphatic rings. The summed E-state index contributed by atoms with van der Waals surface area (Å²) in [7, 11) is 0. The van der Waals surface area contributed by atoms with E-state index in [9.17, 15) is 14.4 Å². The van der Waals surface area contributed by atoms with E-state index in [2.05, 4.69) is 10.3 Å². The molecule has 8 nitrogen and oxygen atoms in total. The zero-order valence-electron chi connectivity index (χ0n) is 15.2. The van der Waals surface area contributed by atoms with Crippen LogP contribution in [0.1, 0.15) is 33.2 Å². The molecular weight excluding hydrogens is 396 g/mol. The first-order valence-electron chi connectivity index (χ1n) is 8.50. The van der Waals surface area contributed by atoms with Crippen LogP contribution in [0, 0.1) is 0 Å². The molecule has 29 heavy (non-hydrogen) atoms. The molecule has 3 N–H and O–H groups in total. The van der Waals surface area contributed by atoms with Crippen LogP contribution >= 0.6 is 11.8 Å². The number of thioether (sulfide) groups is 1. The van der Waals surface area contributed by atoms with E-state index in [0.717, 1.165) is 29.1 Å². The molecular formula is C20H16N2O6S. The number of rotatable bonds is 6. The summed E-state index contributed by atoms with van der Waals surface area (Å²) in [4.78, 5) is 39.2. The molecule has 1 saturated heterocycles. The summed E-state index contributed by atoms with van der Waals surface area (Å²) < 4.78 is 5.38. The van der Waals surface area contributed by atoms with Crippen LogP contribution in [-0.2, 0) is 4.79 Å². The average Bonchev–Trinajstić information content (AvgIpc) is 3.02. The molecule has 1 amide bonds. The van der Waals surface area contributed by atoms with E-state index in [1.807, 2.05) is 19.1 Å². The number of nitrogens with one attached hydrogen (secondary N) is 1. The third kappa shape index (κ3) is 5.02. The van der Waals surface area contributed by atoms with E-state index in [-0.39, 0.29) is 27.9 Å². The molecule has 1 aliphatic heterocycles. The number of amidine groups is 1. The van der Waals surface area contributed by atoms with Crippen molar-refractivity contribution in [3.05, 3.63) is 64.1 Å². The highest BCUT2D eigenvalue weighted by atomic mass is 32.2. The number of hydrogen-bond donors (Lipinski definition) is 3. The molecule has 0 unspecified atom stereocenters. The molecule has 3 rings (SSSR count). The smallest absolute Gasteiger partial charge is 0.335 e. The largest absolute Gasteiger partial charge is 0.494 e. The number of benzene rings is 2. The van der Waals surface area contributed by atoms with Crippen LogP contribution in [0.4, 0.5) is 5.69 Å². The quantitative estimate of drug-likeness (QED) is 0.621. The number of aliphatic imine (C=N–C) groups is 1. The first-order chi connectivity index (χ1) is 13.9. The van der Waals surface area contributed by atoms with Crippen molar-refractivity contribution in [2.45, 2.75) is 6.92 Å². The Balaban J connectivity index is 1.85. The van der Waals surface area contributed by atoms with Gasteiger partial charge in [-0.1, -0.05) is 12.1 Å². The van der Waals surface area contributed by atoms with Crippen molar-refractivity contribution in [2.75, 3.05) is 6.61 Å². The van der Waals surface area contributed by atoms with Crippen LogP contribution in [0.15, 0.2) is 52.4 Å². The molecule has 1 fully saturated rings. The predicted octanol–water partition coefficient (Wildman–Crippen LogP) is 3.37. The number of nitrogens with zero attached hydrogens (tertiary/aromatic N) is 1. The molecule has 2 aromatic rings. The highest BCUT2D eigenvalue weighted by molar-refractivity contribution is 8.18. The molecule has 2 aromatic carbocycles.